The van der Waals surface area contributed by atoms with Crippen molar-refractivity contribution in [3.8, 4) is 0 Å². The number of methoxy groups -OCH3 is 2. The van der Waals surface area contributed by atoms with Gasteiger partial charge in [0, 0.05) is 14.2 Å². The van der Waals surface area contributed by atoms with Gasteiger partial charge in [-0.2, -0.15) is 0 Å². The van der Waals surface area contributed by atoms with Crippen molar-refractivity contribution < 1.29 is 23.8 Å². The number of ether oxygens (including phenoxy) is 3. The fourth-order valence-electron chi connectivity index (χ4n) is 3.73. The van der Waals surface area contributed by atoms with Gasteiger partial charge in [0.25, 0.3) is 5.91 Å². The Balaban J connectivity index is 1.68. The Morgan fingerprint density at radius 3 is 1.76 bits per heavy atom. The standard InChI is InChI=1S/C28H31NO5/c1-32-25(22-14-8-4-9-15-22)27(30)29-20-24(19-18-21-12-6-3-7-13-21)34-28(31)26(33-2)23-16-10-5-11-17-23/h3-17,24-26H,18-20H2,1-2H3,(H,29,30)/t24-,25?,26?/m0/s1. The molecule has 0 aromatic heterocycles. The first kappa shape index (κ1) is 25.1. The van der Waals surface area contributed by atoms with E-state index < -0.39 is 24.3 Å². The Morgan fingerprint density at radius 1 is 0.735 bits per heavy atom. The molecule has 3 atom stereocenters. The molecule has 0 aliphatic heterocycles. The predicted octanol–water partition coefficient (Wildman–Crippen LogP) is 4.42. The molecule has 3 rings (SSSR count). The molecule has 0 heterocycles. The largest absolute Gasteiger partial charge is 0.458 e. The van der Waals surface area contributed by atoms with E-state index in [1.54, 1.807) is 0 Å². The predicted molar refractivity (Wildman–Crippen MR) is 130 cm³/mol. The van der Waals surface area contributed by atoms with Crippen LogP contribution in [0.5, 0.6) is 0 Å². The number of carbonyl (C=O) groups is 2. The van der Waals surface area contributed by atoms with Crippen LogP contribution in [0.2, 0.25) is 0 Å². The first-order chi connectivity index (χ1) is 16.6. The molecule has 0 spiro atoms. The number of amides is 1. The second kappa shape index (κ2) is 13.3. The average molecular weight is 462 g/mol. The molecular formula is C28H31NO5. The van der Waals surface area contributed by atoms with Crippen LogP contribution in [0.1, 0.15) is 35.3 Å². The van der Waals surface area contributed by atoms with Crippen LogP contribution < -0.4 is 5.32 Å². The molecule has 2 unspecified atom stereocenters. The maximum atomic E-state index is 13.0. The fraction of sp³-hybridized carbons (Fsp3) is 0.286. The summed E-state index contributed by atoms with van der Waals surface area (Å²) < 4.78 is 16.7. The van der Waals surface area contributed by atoms with Crippen LogP contribution >= 0.6 is 0 Å². The highest BCUT2D eigenvalue weighted by molar-refractivity contribution is 5.82. The van der Waals surface area contributed by atoms with Crippen LogP contribution in [0.25, 0.3) is 0 Å². The first-order valence-corrected chi connectivity index (χ1v) is 11.3. The van der Waals surface area contributed by atoms with E-state index in [0.717, 1.165) is 11.1 Å². The van der Waals surface area contributed by atoms with Gasteiger partial charge in [-0.15, -0.1) is 0 Å². The van der Waals surface area contributed by atoms with Gasteiger partial charge in [-0.1, -0.05) is 91.0 Å². The van der Waals surface area contributed by atoms with Crippen molar-refractivity contribution in [1.29, 1.82) is 0 Å². The highest BCUT2D eigenvalue weighted by atomic mass is 16.6. The maximum Gasteiger partial charge on any atom is 0.340 e. The molecule has 0 saturated carbocycles. The summed E-state index contributed by atoms with van der Waals surface area (Å²) in [4.78, 5) is 25.8. The number of esters is 1. The van der Waals surface area contributed by atoms with Gasteiger partial charge < -0.3 is 19.5 Å². The molecule has 0 fully saturated rings. The van der Waals surface area contributed by atoms with E-state index in [-0.39, 0.29) is 12.5 Å². The average Bonchev–Trinajstić information content (AvgIpc) is 2.88. The van der Waals surface area contributed by atoms with Crippen molar-refractivity contribution >= 4 is 11.9 Å². The lowest BCUT2D eigenvalue weighted by molar-refractivity contribution is -0.162. The lowest BCUT2D eigenvalue weighted by Crippen LogP contribution is -2.39. The van der Waals surface area contributed by atoms with Gasteiger partial charge in [0.2, 0.25) is 0 Å². The molecule has 0 saturated heterocycles. The molecule has 34 heavy (non-hydrogen) atoms. The summed E-state index contributed by atoms with van der Waals surface area (Å²) in [6, 6.07) is 28.4. The van der Waals surface area contributed by atoms with Crippen LogP contribution in [0.4, 0.5) is 0 Å². The van der Waals surface area contributed by atoms with E-state index in [0.29, 0.717) is 18.4 Å². The monoisotopic (exact) mass is 461 g/mol. The van der Waals surface area contributed by atoms with Crippen molar-refractivity contribution in [2.75, 3.05) is 20.8 Å². The van der Waals surface area contributed by atoms with E-state index in [1.807, 2.05) is 91.0 Å². The molecule has 0 aliphatic carbocycles. The van der Waals surface area contributed by atoms with E-state index in [1.165, 1.54) is 14.2 Å². The van der Waals surface area contributed by atoms with E-state index in [2.05, 4.69) is 5.32 Å². The van der Waals surface area contributed by atoms with Crippen molar-refractivity contribution in [3.63, 3.8) is 0 Å². The fourth-order valence-corrected chi connectivity index (χ4v) is 3.73. The van der Waals surface area contributed by atoms with Gasteiger partial charge in [0.1, 0.15) is 6.10 Å². The smallest absolute Gasteiger partial charge is 0.340 e. The van der Waals surface area contributed by atoms with E-state index in [9.17, 15) is 9.59 Å². The molecule has 0 radical (unpaired) electrons. The summed E-state index contributed by atoms with van der Waals surface area (Å²) in [5.41, 5.74) is 2.59. The second-order valence-corrected chi connectivity index (χ2v) is 7.88. The number of hydrogen-bond acceptors (Lipinski definition) is 5. The van der Waals surface area contributed by atoms with Crippen molar-refractivity contribution in [3.05, 3.63) is 108 Å². The summed E-state index contributed by atoms with van der Waals surface area (Å²) >= 11 is 0. The highest BCUT2D eigenvalue weighted by Crippen LogP contribution is 2.20. The van der Waals surface area contributed by atoms with Crippen LogP contribution in [-0.2, 0) is 30.2 Å². The Hall–Kier alpha value is -3.48. The van der Waals surface area contributed by atoms with Gasteiger partial charge in [0.15, 0.2) is 12.2 Å². The molecule has 1 N–H and O–H groups in total. The minimum absolute atomic E-state index is 0.162. The molecule has 0 aliphatic rings. The topological polar surface area (TPSA) is 73.9 Å². The van der Waals surface area contributed by atoms with Gasteiger partial charge in [-0.05, 0) is 29.5 Å². The summed E-state index contributed by atoms with van der Waals surface area (Å²) in [6.45, 7) is 0.162. The maximum absolute atomic E-state index is 13.0. The number of aryl methyl sites for hydroxylation is 1. The van der Waals surface area contributed by atoms with Gasteiger partial charge in [-0.3, -0.25) is 4.79 Å². The number of carbonyl (C=O) groups excluding carboxylic acids is 2. The third-order valence-corrected chi connectivity index (χ3v) is 5.51. The Morgan fingerprint density at radius 2 is 1.24 bits per heavy atom. The Labute approximate surface area is 200 Å². The zero-order valence-electron chi connectivity index (χ0n) is 19.6. The van der Waals surface area contributed by atoms with E-state index >= 15 is 0 Å². The summed E-state index contributed by atoms with van der Waals surface area (Å²) in [5.74, 6) is -0.784. The zero-order valence-corrected chi connectivity index (χ0v) is 19.6. The molecule has 6 heteroatoms. The van der Waals surface area contributed by atoms with Crippen LogP contribution in [-0.4, -0.2) is 38.7 Å². The third-order valence-electron chi connectivity index (χ3n) is 5.51. The number of benzene rings is 3. The van der Waals surface area contributed by atoms with Crippen molar-refractivity contribution in [2.45, 2.75) is 31.2 Å². The quantitative estimate of drug-likeness (QED) is 0.404. The number of rotatable bonds is 12. The first-order valence-electron chi connectivity index (χ1n) is 11.3. The van der Waals surface area contributed by atoms with Gasteiger partial charge in [-0.25, -0.2) is 4.79 Å². The SMILES string of the molecule is COC(C(=O)NC[C@H](CCc1ccccc1)OC(=O)C(OC)c1ccccc1)c1ccccc1. The molecule has 3 aromatic rings. The van der Waals surface area contributed by atoms with Crippen LogP contribution in [0.3, 0.4) is 0 Å². The Kier molecular flexibility index (Phi) is 9.82. The lowest BCUT2D eigenvalue weighted by atomic mass is 10.1. The lowest BCUT2D eigenvalue weighted by Gasteiger charge is -2.23. The third kappa shape index (κ3) is 7.27. The molecule has 1 amide bonds. The van der Waals surface area contributed by atoms with Gasteiger partial charge >= 0.3 is 5.97 Å². The molecular weight excluding hydrogens is 430 g/mol. The zero-order chi connectivity index (χ0) is 24.2. The molecule has 3 aromatic carbocycles. The minimum atomic E-state index is -0.841. The number of hydrogen-bond donors (Lipinski definition) is 1. The van der Waals surface area contributed by atoms with Crippen molar-refractivity contribution in [1.82, 2.24) is 5.32 Å². The minimum Gasteiger partial charge on any atom is -0.458 e. The summed E-state index contributed by atoms with van der Waals surface area (Å²) in [6.07, 6.45) is -0.880. The Bertz CT molecular complexity index is 1010. The van der Waals surface area contributed by atoms with E-state index in [4.69, 9.17) is 14.2 Å². The molecule has 6 nitrogen and oxygen atoms in total. The summed E-state index contributed by atoms with van der Waals surface area (Å²) in [5, 5.41) is 2.89. The van der Waals surface area contributed by atoms with Crippen molar-refractivity contribution in [2.24, 2.45) is 0 Å². The number of nitrogens with one attached hydrogen (secondary N) is 1. The normalized spacial score (nSPS) is 13.5. The highest BCUT2D eigenvalue weighted by Gasteiger charge is 2.26. The molecule has 0 bridgehead atoms. The second-order valence-electron chi connectivity index (χ2n) is 7.88. The van der Waals surface area contributed by atoms with Gasteiger partial charge in [0.05, 0.1) is 6.54 Å². The summed E-state index contributed by atoms with van der Waals surface area (Å²) in [7, 11) is 2.97. The molecule has 178 valence electrons. The van der Waals surface area contributed by atoms with Crippen LogP contribution in [0, 0.1) is 0 Å². The van der Waals surface area contributed by atoms with Crippen LogP contribution in [0.15, 0.2) is 91.0 Å².